The molecule has 0 aliphatic heterocycles. The standard InChI is InChI=1S/C17H25N3S/c1-17(2,3)15-9-13(11-18-4)10-16(19-15)20(5)12-14-7-6-8-21-14/h6-10,18H,11-12H2,1-5H3. The van der Waals surface area contributed by atoms with Crippen LogP contribution >= 0.6 is 11.3 Å². The maximum absolute atomic E-state index is 4.87. The topological polar surface area (TPSA) is 28.2 Å². The van der Waals surface area contributed by atoms with Crippen LogP contribution in [0, 0.1) is 0 Å². The Labute approximate surface area is 132 Å². The van der Waals surface area contributed by atoms with E-state index in [1.807, 2.05) is 7.05 Å². The molecular formula is C17H25N3S. The summed E-state index contributed by atoms with van der Waals surface area (Å²) in [6.07, 6.45) is 0. The minimum atomic E-state index is 0.0578. The van der Waals surface area contributed by atoms with E-state index >= 15 is 0 Å². The van der Waals surface area contributed by atoms with Gasteiger partial charge in [-0.3, -0.25) is 0 Å². The number of nitrogens with one attached hydrogen (secondary N) is 1. The monoisotopic (exact) mass is 303 g/mol. The van der Waals surface area contributed by atoms with Gasteiger partial charge in [-0.1, -0.05) is 26.8 Å². The zero-order valence-electron chi connectivity index (χ0n) is 13.6. The highest BCUT2D eigenvalue weighted by atomic mass is 32.1. The van der Waals surface area contributed by atoms with Gasteiger partial charge in [-0.05, 0) is 36.2 Å². The van der Waals surface area contributed by atoms with Crippen LogP contribution in [0.1, 0.15) is 36.9 Å². The average molecular weight is 303 g/mol. The highest BCUT2D eigenvalue weighted by Gasteiger charge is 2.18. The quantitative estimate of drug-likeness (QED) is 0.910. The molecule has 1 N–H and O–H groups in total. The molecule has 4 heteroatoms. The number of nitrogens with zero attached hydrogens (tertiary/aromatic N) is 2. The van der Waals surface area contributed by atoms with Crippen LogP contribution in [0.4, 0.5) is 5.82 Å². The first kappa shape index (κ1) is 16.0. The predicted molar refractivity (Wildman–Crippen MR) is 92.1 cm³/mol. The highest BCUT2D eigenvalue weighted by molar-refractivity contribution is 7.09. The summed E-state index contributed by atoms with van der Waals surface area (Å²) >= 11 is 1.79. The summed E-state index contributed by atoms with van der Waals surface area (Å²) in [7, 11) is 4.09. The Balaban J connectivity index is 2.30. The molecule has 0 aliphatic carbocycles. The third-order valence-electron chi connectivity index (χ3n) is 3.39. The molecule has 0 aliphatic rings. The van der Waals surface area contributed by atoms with Crippen LogP contribution in [-0.2, 0) is 18.5 Å². The Kier molecular flexibility index (Phi) is 5.01. The van der Waals surface area contributed by atoms with Gasteiger partial charge >= 0.3 is 0 Å². The molecule has 0 spiro atoms. The van der Waals surface area contributed by atoms with Gasteiger partial charge in [0, 0.05) is 29.6 Å². The van der Waals surface area contributed by atoms with Gasteiger partial charge in [-0.2, -0.15) is 0 Å². The number of aromatic nitrogens is 1. The van der Waals surface area contributed by atoms with E-state index in [9.17, 15) is 0 Å². The van der Waals surface area contributed by atoms with E-state index in [0.29, 0.717) is 0 Å². The Morgan fingerprint density at radius 3 is 2.62 bits per heavy atom. The van der Waals surface area contributed by atoms with Gasteiger partial charge in [0.2, 0.25) is 0 Å². The zero-order valence-corrected chi connectivity index (χ0v) is 14.4. The van der Waals surface area contributed by atoms with Crippen molar-refractivity contribution in [2.45, 2.75) is 39.3 Å². The van der Waals surface area contributed by atoms with Crippen LogP contribution < -0.4 is 10.2 Å². The van der Waals surface area contributed by atoms with Crippen LogP contribution in [-0.4, -0.2) is 19.1 Å². The molecule has 114 valence electrons. The van der Waals surface area contributed by atoms with Crippen molar-refractivity contribution in [3.05, 3.63) is 45.8 Å². The number of pyridine rings is 1. The third kappa shape index (κ3) is 4.29. The Morgan fingerprint density at radius 1 is 1.29 bits per heavy atom. The molecular weight excluding hydrogens is 278 g/mol. The van der Waals surface area contributed by atoms with Gasteiger partial charge in [0.15, 0.2) is 0 Å². The van der Waals surface area contributed by atoms with Crippen molar-refractivity contribution in [2.24, 2.45) is 0 Å². The van der Waals surface area contributed by atoms with Crippen molar-refractivity contribution in [3.8, 4) is 0 Å². The molecule has 2 heterocycles. The molecule has 0 unspecified atom stereocenters. The molecule has 0 atom stereocenters. The van der Waals surface area contributed by atoms with Crippen LogP contribution in [0.3, 0.4) is 0 Å². The van der Waals surface area contributed by atoms with Crippen molar-refractivity contribution >= 4 is 17.2 Å². The average Bonchev–Trinajstić information content (AvgIpc) is 2.90. The summed E-state index contributed by atoms with van der Waals surface area (Å²) in [5, 5.41) is 5.35. The first-order chi connectivity index (χ1) is 9.90. The van der Waals surface area contributed by atoms with E-state index in [-0.39, 0.29) is 5.41 Å². The van der Waals surface area contributed by atoms with Gasteiger partial charge in [-0.25, -0.2) is 4.98 Å². The first-order valence-corrected chi connectivity index (χ1v) is 8.17. The lowest BCUT2D eigenvalue weighted by atomic mass is 9.90. The van der Waals surface area contributed by atoms with Crippen molar-refractivity contribution in [2.75, 3.05) is 19.0 Å². The smallest absolute Gasteiger partial charge is 0.129 e. The van der Waals surface area contributed by atoms with Gasteiger partial charge in [0.1, 0.15) is 5.82 Å². The van der Waals surface area contributed by atoms with Gasteiger partial charge < -0.3 is 10.2 Å². The van der Waals surface area contributed by atoms with E-state index in [0.717, 1.165) is 24.6 Å². The fourth-order valence-corrected chi connectivity index (χ4v) is 2.93. The molecule has 0 saturated carbocycles. The largest absolute Gasteiger partial charge is 0.355 e. The minimum Gasteiger partial charge on any atom is -0.355 e. The normalized spacial score (nSPS) is 11.7. The number of hydrogen-bond acceptors (Lipinski definition) is 4. The Morgan fingerprint density at radius 2 is 2.05 bits per heavy atom. The van der Waals surface area contributed by atoms with Crippen molar-refractivity contribution in [1.82, 2.24) is 10.3 Å². The van der Waals surface area contributed by atoms with E-state index in [2.05, 4.69) is 67.7 Å². The van der Waals surface area contributed by atoms with Crippen LogP contribution in [0.5, 0.6) is 0 Å². The SMILES string of the molecule is CNCc1cc(N(C)Cc2cccs2)nc(C(C)(C)C)c1. The van der Waals surface area contributed by atoms with E-state index in [4.69, 9.17) is 4.98 Å². The predicted octanol–water partition coefficient (Wildman–Crippen LogP) is 3.80. The van der Waals surface area contributed by atoms with Crippen LogP contribution in [0.2, 0.25) is 0 Å². The molecule has 21 heavy (non-hydrogen) atoms. The molecule has 0 radical (unpaired) electrons. The molecule has 0 aromatic carbocycles. The maximum atomic E-state index is 4.87. The van der Waals surface area contributed by atoms with Crippen molar-refractivity contribution < 1.29 is 0 Å². The molecule has 2 aromatic heterocycles. The Bertz CT molecular complexity index is 570. The molecule has 0 fully saturated rings. The second-order valence-electron chi connectivity index (χ2n) is 6.43. The maximum Gasteiger partial charge on any atom is 0.129 e. The lowest BCUT2D eigenvalue weighted by Gasteiger charge is -2.24. The first-order valence-electron chi connectivity index (χ1n) is 7.29. The molecule has 0 amide bonds. The van der Waals surface area contributed by atoms with Gasteiger partial charge in [0.25, 0.3) is 0 Å². The molecule has 2 rings (SSSR count). The van der Waals surface area contributed by atoms with Crippen molar-refractivity contribution in [1.29, 1.82) is 0 Å². The second-order valence-corrected chi connectivity index (χ2v) is 7.47. The summed E-state index contributed by atoms with van der Waals surface area (Å²) in [6.45, 7) is 8.40. The molecule has 2 aromatic rings. The van der Waals surface area contributed by atoms with Crippen LogP contribution in [0.25, 0.3) is 0 Å². The third-order valence-corrected chi connectivity index (χ3v) is 4.25. The van der Waals surface area contributed by atoms with Crippen molar-refractivity contribution in [3.63, 3.8) is 0 Å². The fourth-order valence-electron chi connectivity index (χ4n) is 2.17. The summed E-state index contributed by atoms with van der Waals surface area (Å²) in [5.41, 5.74) is 2.48. The summed E-state index contributed by atoms with van der Waals surface area (Å²) in [4.78, 5) is 8.45. The molecule has 0 saturated heterocycles. The van der Waals surface area contributed by atoms with Gasteiger partial charge in [-0.15, -0.1) is 11.3 Å². The fraction of sp³-hybridized carbons (Fsp3) is 0.471. The highest BCUT2D eigenvalue weighted by Crippen LogP contribution is 2.25. The number of anilines is 1. The lowest BCUT2D eigenvalue weighted by Crippen LogP contribution is -2.21. The summed E-state index contributed by atoms with van der Waals surface area (Å²) in [6, 6.07) is 8.65. The van der Waals surface area contributed by atoms with Gasteiger partial charge in [0.05, 0.1) is 6.54 Å². The number of rotatable bonds is 5. The van der Waals surface area contributed by atoms with E-state index in [1.165, 1.54) is 10.4 Å². The summed E-state index contributed by atoms with van der Waals surface area (Å²) < 4.78 is 0. The Hall–Kier alpha value is -1.39. The summed E-state index contributed by atoms with van der Waals surface area (Å²) in [5.74, 6) is 1.04. The number of hydrogen-bond donors (Lipinski definition) is 1. The second kappa shape index (κ2) is 6.58. The number of thiophene rings is 1. The zero-order chi connectivity index (χ0) is 15.5. The van der Waals surface area contributed by atoms with E-state index < -0.39 is 0 Å². The lowest BCUT2D eigenvalue weighted by molar-refractivity contribution is 0.566. The van der Waals surface area contributed by atoms with E-state index in [1.54, 1.807) is 11.3 Å². The van der Waals surface area contributed by atoms with Crippen LogP contribution in [0.15, 0.2) is 29.6 Å². The minimum absolute atomic E-state index is 0.0578. The molecule has 3 nitrogen and oxygen atoms in total. The molecule has 0 bridgehead atoms.